The lowest BCUT2D eigenvalue weighted by molar-refractivity contribution is -0.176. The third-order valence-corrected chi connectivity index (χ3v) is 5.28. The van der Waals surface area contributed by atoms with Gasteiger partial charge in [-0.05, 0) is 31.4 Å². The van der Waals surface area contributed by atoms with E-state index in [0.29, 0.717) is 12.7 Å². The zero-order valence-corrected chi connectivity index (χ0v) is 17.1. The van der Waals surface area contributed by atoms with Crippen molar-refractivity contribution in [2.45, 2.75) is 50.2 Å². The van der Waals surface area contributed by atoms with Crippen molar-refractivity contribution in [2.75, 3.05) is 6.54 Å². The quantitative estimate of drug-likeness (QED) is 0.443. The van der Waals surface area contributed by atoms with Gasteiger partial charge in [-0.25, -0.2) is 5.01 Å². The number of carbonyl (C=O) groups is 6. The SMILES string of the molecule is O=C[C@H](CC(=O)O)NC(=O)[C@@H]1CCCN2C(=O)CC[C@H](NC(=O)c3cccnc3)C(=O)N12. The Morgan fingerprint density at radius 1 is 1.28 bits per heavy atom. The van der Waals surface area contributed by atoms with Crippen LogP contribution in [-0.2, 0) is 24.0 Å². The van der Waals surface area contributed by atoms with E-state index >= 15 is 0 Å². The monoisotopic (exact) mass is 445 g/mol. The number of carbonyl (C=O) groups excluding carboxylic acids is 5. The number of aromatic nitrogens is 1. The predicted molar refractivity (Wildman–Crippen MR) is 107 cm³/mol. The lowest BCUT2D eigenvalue weighted by atomic mass is 10.0. The Morgan fingerprint density at radius 3 is 2.72 bits per heavy atom. The summed E-state index contributed by atoms with van der Waals surface area (Å²) in [6.45, 7) is 0.226. The summed E-state index contributed by atoms with van der Waals surface area (Å²) >= 11 is 0. The van der Waals surface area contributed by atoms with E-state index in [1.807, 2.05) is 0 Å². The Morgan fingerprint density at radius 2 is 2.06 bits per heavy atom. The Kier molecular flexibility index (Phi) is 7.13. The van der Waals surface area contributed by atoms with Gasteiger partial charge in [-0.15, -0.1) is 0 Å². The summed E-state index contributed by atoms with van der Waals surface area (Å²) in [4.78, 5) is 77.2. The fourth-order valence-corrected chi connectivity index (χ4v) is 3.75. The number of amides is 4. The van der Waals surface area contributed by atoms with Crippen molar-refractivity contribution in [2.24, 2.45) is 0 Å². The molecule has 0 saturated carbocycles. The van der Waals surface area contributed by atoms with Gasteiger partial charge in [0.1, 0.15) is 18.4 Å². The molecule has 2 saturated heterocycles. The highest BCUT2D eigenvalue weighted by atomic mass is 16.4. The highest BCUT2D eigenvalue weighted by Crippen LogP contribution is 2.25. The molecule has 3 heterocycles. The Balaban J connectivity index is 1.81. The molecule has 12 heteroatoms. The van der Waals surface area contributed by atoms with E-state index in [4.69, 9.17) is 5.11 Å². The van der Waals surface area contributed by atoms with Crippen LogP contribution >= 0.6 is 0 Å². The molecule has 0 aromatic carbocycles. The topological polar surface area (TPSA) is 166 Å². The van der Waals surface area contributed by atoms with Crippen molar-refractivity contribution in [1.29, 1.82) is 0 Å². The van der Waals surface area contributed by atoms with Gasteiger partial charge in [0.25, 0.3) is 11.8 Å². The molecule has 12 nitrogen and oxygen atoms in total. The van der Waals surface area contributed by atoms with Gasteiger partial charge in [0.15, 0.2) is 0 Å². The maximum Gasteiger partial charge on any atom is 0.305 e. The van der Waals surface area contributed by atoms with Gasteiger partial charge < -0.3 is 20.5 Å². The molecule has 0 aliphatic carbocycles. The molecule has 2 aliphatic rings. The van der Waals surface area contributed by atoms with Gasteiger partial charge in [-0.1, -0.05) is 0 Å². The van der Waals surface area contributed by atoms with Crippen LogP contribution in [0.2, 0.25) is 0 Å². The van der Waals surface area contributed by atoms with E-state index in [0.717, 1.165) is 5.01 Å². The first-order chi connectivity index (χ1) is 15.3. The summed E-state index contributed by atoms with van der Waals surface area (Å²) in [7, 11) is 0. The van der Waals surface area contributed by atoms with Crippen molar-refractivity contribution < 1.29 is 33.9 Å². The molecule has 0 bridgehead atoms. The van der Waals surface area contributed by atoms with E-state index in [2.05, 4.69) is 15.6 Å². The number of fused-ring (bicyclic) bond motifs is 1. The number of nitrogens with one attached hydrogen (secondary N) is 2. The number of nitrogens with zero attached hydrogens (tertiary/aromatic N) is 3. The number of hydrazine groups is 1. The standard InChI is InChI=1S/C20H23N5O7/c26-11-13(9-17(28)29)22-19(31)15-4-2-8-24-16(27)6-5-14(20(32)25(15)24)23-18(30)12-3-1-7-21-10-12/h1,3,7,10-11,13-15H,2,4-6,8-9H2,(H,22,31)(H,23,30)(H,28,29)/t13-,14-,15-/m0/s1. The van der Waals surface area contributed by atoms with Crippen molar-refractivity contribution in [3.8, 4) is 0 Å². The van der Waals surface area contributed by atoms with Gasteiger partial charge in [-0.2, -0.15) is 0 Å². The molecule has 1 aromatic heterocycles. The Bertz CT molecular complexity index is 922. The summed E-state index contributed by atoms with van der Waals surface area (Å²) in [6.07, 6.45) is 3.23. The molecule has 32 heavy (non-hydrogen) atoms. The number of carboxylic acids is 1. The van der Waals surface area contributed by atoms with E-state index in [9.17, 15) is 28.8 Å². The van der Waals surface area contributed by atoms with Gasteiger partial charge >= 0.3 is 5.97 Å². The Hall–Kier alpha value is -3.83. The molecular formula is C20H23N5O7. The van der Waals surface area contributed by atoms with Gasteiger partial charge in [0, 0.05) is 25.4 Å². The van der Waals surface area contributed by atoms with Crippen LogP contribution in [0, 0.1) is 0 Å². The second-order valence-electron chi connectivity index (χ2n) is 7.51. The summed E-state index contributed by atoms with van der Waals surface area (Å²) in [6, 6.07) is -0.339. The number of aldehydes is 1. The summed E-state index contributed by atoms with van der Waals surface area (Å²) in [5.74, 6) is -3.56. The van der Waals surface area contributed by atoms with Crippen molar-refractivity contribution >= 4 is 35.9 Å². The zero-order chi connectivity index (χ0) is 23.3. The molecule has 0 unspecified atom stereocenters. The first-order valence-electron chi connectivity index (χ1n) is 10.1. The maximum atomic E-state index is 13.3. The molecule has 0 radical (unpaired) electrons. The van der Waals surface area contributed by atoms with Crippen LogP contribution in [0.4, 0.5) is 0 Å². The average Bonchev–Trinajstić information content (AvgIpc) is 2.90. The lowest BCUT2D eigenvalue weighted by Crippen LogP contribution is -2.64. The number of carboxylic acid groups (broad SMARTS) is 1. The second kappa shape index (κ2) is 9.98. The molecule has 3 atom stereocenters. The number of rotatable bonds is 7. The summed E-state index contributed by atoms with van der Waals surface area (Å²) in [5, 5.41) is 16.0. The van der Waals surface area contributed by atoms with Gasteiger partial charge in [-0.3, -0.25) is 34.0 Å². The van der Waals surface area contributed by atoms with Crippen LogP contribution in [0.15, 0.2) is 24.5 Å². The maximum absolute atomic E-state index is 13.3. The molecular weight excluding hydrogens is 422 g/mol. The molecule has 0 spiro atoms. The normalized spacial score (nSPS) is 21.8. The molecule has 3 rings (SSSR count). The third-order valence-electron chi connectivity index (χ3n) is 5.28. The fourth-order valence-electron chi connectivity index (χ4n) is 3.75. The number of hydrogen-bond donors (Lipinski definition) is 3. The highest BCUT2D eigenvalue weighted by molar-refractivity contribution is 5.99. The van der Waals surface area contributed by atoms with Crippen LogP contribution in [0.5, 0.6) is 0 Å². The summed E-state index contributed by atoms with van der Waals surface area (Å²) in [5.41, 5.74) is 0.239. The highest BCUT2D eigenvalue weighted by Gasteiger charge is 2.44. The van der Waals surface area contributed by atoms with Crippen LogP contribution in [0.25, 0.3) is 0 Å². The first kappa shape index (κ1) is 22.8. The van der Waals surface area contributed by atoms with E-state index in [1.54, 1.807) is 6.07 Å². The second-order valence-corrected chi connectivity index (χ2v) is 7.51. The minimum absolute atomic E-state index is 0.00938. The zero-order valence-electron chi connectivity index (χ0n) is 17.1. The molecule has 3 N–H and O–H groups in total. The minimum atomic E-state index is -1.27. The van der Waals surface area contributed by atoms with Crippen LogP contribution in [-0.4, -0.2) is 80.7 Å². The molecule has 2 aliphatic heterocycles. The molecule has 1 aromatic rings. The minimum Gasteiger partial charge on any atom is -0.481 e. The van der Waals surface area contributed by atoms with Crippen molar-refractivity contribution in [3.05, 3.63) is 30.1 Å². The van der Waals surface area contributed by atoms with Crippen LogP contribution < -0.4 is 10.6 Å². The largest absolute Gasteiger partial charge is 0.481 e. The predicted octanol–water partition coefficient (Wildman–Crippen LogP) is -1.13. The number of hydrogen-bond acceptors (Lipinski definition) is 7. The van der Waals surface area contributed by atoms with Crippen LogP contribution in [0.3, 0.4) is 0 Å². The molecule has 2 fully saturated rings. The van der Waals surface area contributed by atoms with Crippen molar-refractivity contribution in [1.82, 2.24) is 25.6 Å². The number of pyridine rings is 1. The third kappa shape index (κ3) is 5.07. The van der Waals surface area contributed by atoms with Crippen molar-refractivity contribution in [3.63, 3.8) is 0 Å². The smallest absolute Gasteiger partial charge is 0.305 e. The molecule has 170 valence electrons. The van der Waals surface area contributed by atoms with Gasteiger partial charge in [0.05, 0.1) is 18.0 Å². The van der Waals surface area contributed by atoms with Crippen LogP contribution in [0.1, 0.15) is 42.5 Å². The fraction of sp³-hybridized carbons (Fsp3) is 0.450. The molecule has 4 amide bonds. The summed E-state index contributed by atoms with van der Waals surface area (Å²) < 4.78 is 0. The van der Waals surface area contributed by atoms with Gasteiger partial charge in [0.2, 0.25) is 11.8 Å². The van der Waals surface area contributed by atoms with E-state index in [-0.39, 0.29) is 37.3 Å². The van der Waals surface area contributed by atoms with E-state index < -0.39 is 48.2 Å². The Labute approximate surface area is 182 Å². The first-order valence-corrected chi connectivity index (χ1v) is 10.1. The average molecular weight is 445 g/mol. The lowest BCUT2D eigenvalue weighted by Gasteiger charge is -2.43. The van der Waals surface area contributed by atoms with E-state index in [1.165, 1.54) is 23.5 Å². The number of aliphatic carboxylic acids is 1.